The summed E-state index contributed by atoms with van der Waals surface area (Å²) in [6.45, 7) is 0.114. The topological polar surface area (TPSA) is 104 Å². The molecule has 0 unspecified atom stereocenters. The molecule has 0 fully saturated rings. The molecule has 0 spiro atoms. The van der Waals surface area contributed by atoms with E-state index >= 15 is 0 Å². The number of anilines is 1. The minimum absolute atomic E-state index is 0.0459. The fourth-order valence-electron chi connectivity index (χ4n) is 3.15. The molecular formula is C17H17ClF4N6O. The second-order valence-electron chi connectivity index (χ2n) is 6.47. The van der Waals surface area contributed by atoms with Crippen LogP contribution in [0.1, 0.15) is 17.5 Å². The van der Waals surface area contributed by atoms with E-state index in [2.05, 4.69) is 10.2 Å². The molecule has 0 aliphatic carbocycles. The number of benzene rings is 1. The van der Waals surface area contributed by atoms with Crippen LogP contribution < -0.4 is 22.0 Å². The van der Waals surface area contributed by atoms with Crippen LogP contribution in [0.2, 0.25) is 5.02 Å². The smallest absolute Gasteiger partial charge is 0.399 e. The van der Waals surface area contributed by atoms with Gasteiger partial charge in [-0.25, -0.2) is 15.3 Å². The second kappa shape index (κ2) is 7.91. The van der Waals surface area contributed by atoms with Crippen molar-refractivity contribution < 1.29 is 17.6 Å². The van der Waals surface area contributed by atoms with Crippen LogP contribution in [0, 0.1) is 5.82 Å². The SMILES string of the molecule is NC1=C(N(N)Cc2cc(F)ccc2C(F)(F)F)CCN(c2cn[nH]c(=O)c2Cl)C1. The lowest BCUT2D eigenvalue weighted by Crippen LogP contribution is -2.42. The predicted octanol–water partition coefficient (Wildman–Crippen LogP) is 2.34. The molecule has 2 heterocycles. The van der Waals surface area contributed by atoms with Crippen LogP contribution in [0.3, 0.4) is 0 Å². The lowest BCUT2D eigenvalue weighted by atomic mass is 10.1. The van der Waals surface area contributed by atoms with Crippen LogP contribution in [0.15, 0.2) is 40.6 Å². The number of hydrazine groups is 1. The Bertz CT molecular complexity index is 1010. The van der Waals surface area contributed by atoms with Gasteiger partial charge in [-0.05, 0) is 23.8 Å². The molecular weight excluding hydrogens is 416 g/mol. The van der Waals surface area contributed by atoms with E-state index in [1.165, 1.54) is 6.20 Å². The second-order valence-corrected chi connectivity index (χ2v) is 6.85. The van der Waals surface area contributed by atoms with E-state index in [-0.39, 0.29) is 30.1 Å². The molecule has 29 heavy (non-hydrogen) atoms. The Balaban J connectivity index is 1.83. The number of nitrogens with one attached hydrogen (secondary N) is 1. The van der Waals surface area contributed by atoms with E-state index in [4.69, 9.17) is 23.2 Å². The van der Waals surface area contributed by atoms with Gasteiger partial charge in [0, 0.05) is 18.7 Å². The Morgan fingerprint density at radius 1 is 1.34 bits per heavy atom. The van der Waals surface area contributed by atoms with Crippen molar-refractivity contribution in [3.8, 4) is 0 Å². The maximum Gasteiger partial charge on any atom is 0.416 e. The Morgan fingerprint density at radius 3 is 2.72 bits per heavy atom. The summed E-state index contributed by atoms with van der Waals surface area (Å²) in [7, 11) is 0. The number of aromatic nitrogens is 2. The predicted molar refractivity (Wildman–Crippen MR) is 99.0 cm³/mol. The molecule has 2 aromatic rings. The van der Waals surface area contributed by atoms with Gasteiger partial charge < -0.3 is 15.6 Å². The van der Waals surface area contributed by atoms with Crippen molar-refractivity contribution in [2.75, 3.05) is 18.0 Å². The lowest BCUT2D eigenvalue weighted by Gasteiger charge is -2.34. The summed E-state index contributed by atoms with van der Waals surface area (Å²) in [6, 6.07) is 2.23. The summed E-state index contributed by atoms with van der Waals surface area (Å²) >= 11 is 6.00. The third kappa shape index (κ3) is 4.46. The summed E-state index contributed by atoms with van der Waals surface area (Å²) < 4.78 is 53.1. The molecule has 3 rings (SSSR count). The number of nitrogens with two attached hydrogens (primary N) is 2. The van der Waals surface area contributed by atoms with Crippen LogP contribution in [0.5, 0.6) is 0 Å². The van der Waals surface area contributed by atoms with E-state index in [1.807, 2.05) is 0 Å². The molecule has 0 saturated heterocycles. The minimum Gasteiger partial charge on any atom is -0.399 e. The molecule has 156 valence electrons. The van der Waals surface area contributed by atoms with E-state index in [0.29, 0.717) is 29.7 Å². The average Bonchev–Trinajstić information content (AvgIpc) is 2.62. The zero-order valence-corrected chi connectivity index (χ0v) is 15.7. The highest BCUT2D eigenvalue weighted by Gasteiger charge is 2.34. The zero-order valence-electron chi connectivity index (χ0n) is 14.9. The maximum absolute atomic E-state index is 13.5. The molecule has 0 amide bonds. The van der Waals surface area contributed by atoms with Crippen molar-refractivity contribution in [3.05, 3.63) is 68.1 Å². The molecule has 0 saturated carbocycles. The van der Waals surface area contributed by atoms with Crippen molar-refractivity contribution >= 4 is 17.3 Å². The van der Waals surface area contributed by atoms with Crippen molar-refractivity contribution in [3.63, 3.8) is 0 Å². The zero-order chi connectivity index (χ0) is 21.3. The van der Waals surface area contributed by atoms with Crippen molar-refractivity contribution in [1.82, 2.24) is 15.2 Å². The van der Waals surface area contributed by atoms with Gasteiger partial charge in [-0.1, -0.05) is 11.6 Å². The van der Waals surface area contributed by atoms with Gasteiger partial charge in [0.05, 0.1) is 36.2 Å². The Morgan fingerprint density at radius 2 is 2.07 bits per heavy atom. The highest BCUT2D eigenvalue weighted by Crippen LogP contribution is 2.33. The lowest BCUT2D eigenvalue weighted by molar-refractivity contribution is -0.138. The van der Waals surface area contributed by atoms with Crippen molar-refractivity contribution in [1.29, 1.82) is 0 Å². The number of halogens is 5. The minimum atomic E-state index is -4.64. The van der Waals surface area contributed by atoms with E-state index in [1.54, 1.807) is 4.90 Å². The molecule has 1 aromatic carbocycles. The highest BCUT2D eigenvalue weighted by atomic mass is 35.5. The third-order valence-corrected chi connectivity index (χ3v) is 4.89. The normalized spacial score (nSPS) is 15.0. The van der Waals surface area contributed by atoms with Crippen LogP contribution in [-0.4, -0.2) is 28.3 Å². The summed E-state index contributed by atoms with van der Waals surface area (Å²) in [5, 5.41) is 6.94. The molecule has 5 N–H and O–H groups in total. The van der Waals surface area contributed by atoms with Gasteiger partial charge in [0.15, 0.2) is 0 Å². The molecule has 1 aromatic heterocycles. The van der Waals surface area contributed by atoms with Gasteiger partial charge in [0.2, 0.25) is 0 Å². The average molecular weight is 433 g/mol. The molecule has 0 atom stereocenters. The molecule has 12 heteroatoms. The van der Waals surface area contributed by atoms with Gasteiger partial charge in [0.1, 0.15) is 10.8 Å². The van der Waals surface area contributed by atoms with Gasteiger partial charge in [-0.2, -0.15) is 18.3 Å². The highest BCUT2D eigenvalue weighted by molar-refractivity contribution is 6.33. The first-order valence-corrected chi connectivity index (χ1v) is 8.79. The van der Waals surface area contributed by atoms with E-state index in [0.717, 1.165) is 17.1 Å². The Hall–Kier alpha value is -2.79. The molecule has 0 radical (unpaired) electrons. The first kappa shape index (κ1) is 20.9. The summed E-state index contributed by atoms with van der Waals surface area (Å²) in [4.78, 5) is 13.3. The van der Waals surface area contributed by atoms with Crippen LogP contribution in [-0.2, 0) is 12.7 Å². The number of alkyl halides is 3. The number of hydrogen-bond acceptors (Lipinski definition) is 6. The first-order valence-electron chi connectivity index (χ1n) is 8.41. The summed E-state index contributed by atoms with van der Waals surface area (Å²) in [6.07, 6.45) is -2.98. The largest absolute Gasteiger partial charge is 0.416 e. The quantitative estimate of drug-likeness (QED) is 0.389. The Labute approximate surface area is 167 Å². The van der Waals surface area contributed by atoms with Crippen LogP contribution >= 0.6 is 11.6 Å². The van der Waals surface area contributed by atoms with E-state index < -0.39 is 23.1 Å². The van der Waals surface area contributed by atoms with Gasteiger partial charge >= 0.3 is 6.18 Å². The monoisotopic (exact) mass is 432 g/mol. The summed E-state index contributed by atoms with van der Waals surface area (Å²) in [5.41, 5.74) is 5.35. The molecule has 0 bridgehead atoms. The fraction of sp³-hybridized carbons (Fsp3) is 0.294. The van der Waals surface area contributed by atoms with Crippen LogP contribution in [0.25, 0.3) is 0 Å². The van der Waals surface area contributed by atoms with E-state index in [9.17, 15) is 22.4 Å². The number of rotatable bonds is 4. The van der Waals surface area contributed by atoms with Gasteiger partial charge in [0.25, 0.3) is 5.56 Å². The van der Waals surface area contributed by atoms with Gasteiger partial charge in [-0.15, -0.1) is 0 Å². The number of aromatic amines is 1. The maximum atomic E-state index is 13.5. The van der Waals surface area contributed by atoms with Crippen molar-refractivity contribution in [2.45, 2.75) is 19.1 Å². The number of H-pyrrole nitrogens is 1. The standard InChI is InChI=1S/C17H17ClF4N6O/c18-15-14(6-25-26-16(15)29)27-4-3-13(12(23)8-27)28(24)7-9-5-10(19)1-2-11(9)17(20,21)22/h1-2,5-6H,3-4,7-8,23-24H2,(H,26,29). The molecule has 1 aliphatic rings. The molecule has 7 nitrogen and oxygen atoms in total. The van der Waals surface area contributed by atoms with Crippen molar-refractivity contribution in [2.24, 2.45) is 11.6 Å². The third-order valence-electron chi connectivity index (χ3n) is 4.53. The van der Waals surface area contributed by atoms with Crippen LogP contribution in [0.4, 0.5) is 23.2 Å². The number of nitrogens with zero attached hydrogens (tertiary/aromatic N) is 3. The first-order chi connectivity index (χ1) is 13.6. The molecule has 1 aliphatic heterocycles. The number of hydrogen-bond donors (Lipinski definition) is 3. The summed E-state index contributed by atoms with van der Waals surface area (Å²) in [5.74, 6) is 5.17. The van der Waals surface area contributed by atoms with Gasteiger partial charge in [-0.3, -0.25) is 4.79 Å². The fourth-order valence-corrected chi connectivity index (χ4v) is 3.36. The Kier molecular flexibility index (Phi) is 5.71.